The van der Waals surface area contributed by atoms with E-state index in [9.17, 15) is 14.7 Å². The van der Waals surface area contributed by atoms with Gasteiger partial charge < -0.3 is 24.2 Å². The Labute approximate surface area is 175 Å². The van der Waals surface area contributed by atoms with Crippen LogP contribution >= 0.6 is 0 Å². The number of halogens is 1. The van der Waals surface area contributed by atoms with Crippen LogP contribution in [0.1, 0.15) is 10.4 Å². The maximum atomic E-state index is 15.3. The molecule has 0 spiro atoms. The number of ether oxygens (including phenoxy) is 1. The molecule has 1 aromatic carbocycles. The average molecular weight is 423 g/mol. The lowest BCUT2D eigenvalue weighted by molar-refractivity contribution is 0.0695. The van der Waals surface area contributed by atoms with Gasteiger partial charge in [-0.05, 0) is 12.1 Å². The fourth-order valence-corrected chi connectivity index (χ4v) is 4.06. The van der Waals surface area contributed by atoms with E-state index in [2.05, 4.69) is 16.5 Å². The highest BCUT2D eigenvalue weighted by atomic mass is 19.1. The van der Waals surface area contributed by atoms with Crippen LogP contribution in [0.4, 0.5) is 16.0 Å². The summed E-state index contributed by atoms with van der Waals surface area (Å²) in [6.07, 6.45) is 4.58. The summed E-state index contributed by atoms with van der Waals surface area (Å²) in [7, 11) is 0. The van der Waals surface area contributed by atoms with E-state index in [1.165, 1.54) is 10.8 Å². The van der Waals surface area contributed by atoms with Crippen molar-refractivity contribution in [2.75, 3.05) is 42.6 Å². The summed E-state index contributed by atoms with van der Waals surface area (Å²) >= 11 is 0. The van der Waals surface area contributed by atoms with E-state index < -0.39 is 22.8 Å². The van der Waals surface area contributed by atoms with Gasteiger partial charge in [0, 0.05) is 44.8 Å². The summed E-state index contributed by atoms with van der Waals surface area (Å²) < 4.78 is 22.6. The fourth-order valence-electron chi connectivity index (χ4n) is 4.06. The van der Waals surface area contributed by atoms with Crippen molar-refractivity contribution >= 4 is 34.2 Å². The molecule has 0 amide bonds. The lowest BCUT2D eigenvalue weighted by Crippen LogP contribution is -2.47. The van der Waals surface area contributed by atoms with Gasteiger partial charge in [-0.2, -0.15) is 0 Å². The molecule has 1 fully saturated rings. The maximum Gasteiger partial charge on any atom is 0.341 e. The van der Waals surface area contributed by atoms with Crippen molar-refractivity contribution in [1.82, 2.24) is 14.5 Å². The van der Waals surface area contributed by atoms with Crippen molar-refractivity contribution in [2.24, 2.45) is 0 Å². The van der Waals surface area contributed by atoms with Gasteiger partial charge in [-0.15, -0.1) is 0 Å². The zero-order valence-corrected chi connectivity index (χ0v) is 16.4. The van der Waals surface area contributed by atoms with Crippen LogP contribution in [0.3, 0.4) is 0 Å². The average Bonchev–Trinajstić information content (AvgIpc) is 2.78. The van der Waals surface area contributed by atoms with Gasteiger partial charge in [0.2, 0.25) is 11.4 Å². The summed E-state index contributed by atoms with van der Waals surface area (Å²) in [5.41, 5.74) is -0.148. The summed E-state index contributed by atoms with van der Waals surface area (Å²) in [4.78, 5) is 36.6. The summed E-state index contributed by atoms with van der Waals surface area (Å²) in [5.74, 6) is -1.17. The molecular weight excluding hydrogens is 405 g/mol. The van der Waals surface area contributed by atoms with E-state index >= 15 is 4.39 Å². The molecule has 31 heavy (non-hydrogen) atoms. The predicted octanol–water partition coefficient (Wildman–Crippen LogP) is 1.82. The van der Waals surface area contributed by atoms with Crippen LogP contribution in [0.15, 0.2) is 42.1 Å². The fraction of sp³-hybridized carbons (Fsp3) is 0.238. The van der Waals surface area contributed by atoms with Gasteiger partial charge in [-0.1, -0.05) is 6.58 Å². The molecule has 1 saturated heterocycles. The summed E-state index contributed by atoms with van der Waals surface area (Å²) in [5, 5.41) is 9.33. The van der Waals surface area contributed by atoms with E-state index in [4.69, 9.17) is 4.74 Å². The number of hydrogen-bond donors (Lipinski definition) is 1. The van der Waals surface area contributed by atoms with Crippen LogP contribution in [-0.2, 0) is 0 Å². The summed E-state index contributed by atoms with van der Waals surface area (Å²) in [6.45, 7) is 6.10. The van der Waals surface area contributed by atoms with E-state index in [0.29, 0.717) is 43.3 Å². The zero-order valence-electron chi connectivity index (χ0n) is 16.4. The largest absolute Gasteiger partial charge is 0.483 e. The molecule has 2 aliphatic heterocycles. The zero-order chi connectivity index (χ0) is 21.7. The van der Waals surface area contributed by atoms with Crippen LogP contribution < -0.4 is 20.0 Å². The van der Waals surface area contributed by atoms with Gasteiger partial charge in [-0.25, -0.2) is 19.2 Å². The first-order chi connectivity index (χ1) is 15.0. The molecule has 2 aliphatic rings. The van der Waals surface area contributed by atoms with Crippen LogP contribution in [0.5, 0.6) is 5.75 Å². The highest BCUT2D eigenvalue weighted by Crippen LogP contribution is 2.41. The number of carboxylic acid groups (broad SMARTS) is 1. The van der Waals surface area contributed by atoms with Gasteiger partial charge in [0.15, 0.2) is 11.6 Å². The molecule has 4 heterocycles. The summed E-state index contributed by atoms with van der Waals surface area (Å²) in [6, 6.07) is 2.84. The van der Waals surface area contributed by atoms with E-state index in [-0.39, 0.29) is 23.4 Å². The van der Waals surface area contributed by atoms with Crippen LogP contribution in [0.2, 0.25) is 0 Å². The van der Waals surface area contributed by atoms with Crippen LogP contribution in [0.25, 0.3) is 16.6 Å². The standard InChI is InChI=1S/C21H18FN5O4/c1-12-11-31-19-16-13(18(28)14(20(29)30)10-27(12)16)9-15(22)17(19)25-5-7-26(8-6-25)21-23-3-2-4-24-21/h2-4,9-10H,1,5-8,11H2,(H,29,30). The highest BCUT2D eigenvalue weighted by Gasteiger charge is 2.30. The van der Waals surface area contributed by atoms with Crippen molar-refractivity contribution in [3.05, 3.63) is 58.9 Å². The number of carbonyl (C=O) groups is 1. The maximum absolute atomic E-state index is 15.3. The SMILES string of the molecule is C=C1COc2c(N3CCN(c4ncccn4)CC3)c(F)cc3c(=O)c(C(=O)O)cn1c23. The second kappa shape index (κ2) is 7.08. The van der Waals surface area contributed by atoms with Crippen molar-refractivity contribution in [1.29, 1.82) is 0 Å². The molecule has 158 valence electrons. The second-order valence-electron chi connectivity index (χ2n) is 7.36. The number of benzene rings is 1. The Morgan fingerprint density at radius 1 is 1.16 bits per heavy atom. The molecule has 5 rings (SSSR count). The number of carboxylic acids is 1. The van der Waals surface area contributed by atoms with Gasteiger partial charge in [0.05, 0.1) is 11.1 Å². The number of hydrogen-bond acceptors (Lipinski definition) is 7. The minimum atomic E-state index is -1.37. The topological polar surface area (TPSA) is 101 Å². The van der Waals surface area contributed by atoms with Crippen LogP contribution in [0, 0.1) is 5.82 Å². The lowest BCUT2D eigenvalue weighted by Gasteiger charge is -2.37. The van der Waals surface area contributed by atoms with E-state index in [1.807, 2.05) is 9.80 Å². The Hall–Kier alpha value is -3.95. The van der Waals surface area contributed by atoms with E-state index in [0.717, 1.165) is 6.07 Å². The molecule has 1 N–H and O–H groups in total. The lowest BCUT2D eigenvalue weighted by atomic mass is 10.1. The highest BCUT2D eigenvalue weighted by molar-refractivity contribution is 5.99. The number of nitrogens with zero attached hydrogens (tertiary/aromatic N) is 5. The Bertz CT molecular complexity index is 1280. The monoisotopic (exact) mass is 423 g/mol. The molecule has 9 nitrogen and oxygen atoms in total. The third kappa shape index (κ3) is 2.98. The first-order valence-electron chi connectivity index (χ1n) is 9.68. The first kappa shape index (κ1) is 19.0. The normalized spacial score (nSPS) is 15.8. The molecule has 0 atom stereocenters. The van der Waals surface area contributed by atoms with Gasteiger partial charge in [0.1, 0.15) is 23.4 Å². The molecule has 2 aromatic heterocycles. The van der Waals surface area contributed by atoms with Crippen molar-refractivity contribution < 1.29 is 19.0 Å². The number of anilines is 2. The number of aromatic nitrogens is 3. The molecule has 0 unspecified atom stereocenters. The molecule has 0 aliphatic carbocycles. The van der Waals surface area contributed by atoms with Crippen molar-refractivity contribution in [2.45, 2.75) is 0 Å². The van der Waals surface area contributed by atoms with Crippen LogP contribution in [-0.4, -0.2) is 58.4 Å². The molecule has 0 radical (unpaired) electrons. The molecule has 10 heteroatoms. The van der Waals surface area contributed by atoms with E-state index in [1.54, 1.807) is 18.5 Å². The first-order valence-corrected chi connectivity index (χ1v) is 9.68. The van der Waals surface area contributed by atoms with Crippen molar-refractivity contribution in [3.8, 4) is 5.75 Å². The Morgan fingerprint density at radius 3 is 2.52 bits per heavy atom. The molecular formula is C21H18FN5O4. The second-order valence-corrected chi connectivity index (χ2v) is 7.36. The molecule has 0 saturated carbocycles. The third-order valence-corrected chi connectivity index (χ3v) is 5.56. The van der Waals surface area contributed by atoms with Gasteiger partial charge in [0.25, 0.3) is 0 Å². The minimum Gasteiger partial charge on any atom is -0.483 e. The minimum absolute atomic E-state index is 0.0479. The number of rotatable bonds is 3. The van der Waals surface area contributed by atoms with Gasteiger partial charge >= 0.3 is 5.97 Å². The third-order valence-electron chi connectivity index (χ3n) is 5.56. The molecule has 3 aromatic rings. The Morgan fingerprint density at radius 2 is 1.84 bits per heavy atom. The Kier molecular flexibility index (Phi) is 4.35. The predicted molar refractivity (Wildman–Crippen MR) is 112 cm³/mol. The Balaban J connectivity index is 1.59. The number of piperazine rings is 1. The van der Waals surface area contributed by atoms with Gasteiger partial charge in [-0.3, -0.25) is 4.79 Å². The molecule has 0 bridgehead atoms. The van der Waals surface area contributed by atoms with Crippen molar-refractivity contribution in [3.63, 3.8) is 0 Å². The number of pyridine rings is 1. The quantitative estimate of drug-likeness (QED) is 0.681. The smallest absolute Gasteiger partial charge is 0.341 e. The number of aromatic carboxylic acids is 1.